The average molecular weight is 241 g/mol. The van der Waals surface area contributed by atoms with E-state index in [0.29, 0.717) is 18.0 Å². The highest BCUT2D eigenvalue weighted by Crippen LogP contribution is 2.16. The van der Waals surface area contributed by atoms with Gasteiger partial charge in [0.2, 0.25) is 10.0 Å². The normalized spacial score (nSPS) is 12.0. The Hall–Kier alpha value is -0.870. The lowest BCUT2D eigenvalue weighted by molar-refractivity contribution is 0.445. The minimum absolute atomic E-state index is 0.399. The van der Waals surface area contributed by atoms with Crippen LogP contribution in [0.4, 0.5) is 0 Å². The van der Waals surface area contributed by atoms with Crippen LogP contribution in [0.1, 0.15) is 26.3 Å². The number of hydrogen-bond donors (Lipinski definition) is 0. The van der Waals surface area contributed by atoms with E-state index in [-0.39, 0.29) is 0 Å². The van der Waals surface area contributed by atoms with Crippen LogP contribution in [-0.2, 0) is 16.4 Å². The van der Waals surface area contributed by atoms with Crippen LogP contribution in [0.2, 0.25) is 0 Å². The van der Waals surface area contributed by atoms with E-state index in [1.165, 1.54) is 4.31 Å². The van der Waals surface area contributed by atoms with Crippen molar-refractivity contribution in [3.05, 3.63) is 29.8 Å². The predicted octanol–water partition coefficient (Wildman–Crippen LogP) is 2.28. The molecule has 0 bridgehead atoms. The minimum atomic E-state index is -3.30. The van der Waals surface area contributed by atoms with Gasteiger partial charge in [0.1, 0.15) is 0 Å². The second kappa shape index (κ2) is 5.46. The molecule has 0 spiro atoms. The van der Waals surface area contributed by atoms with Crippen LogP contribution < -0.4 is 0 Å². The van der Waals surface area contributed by atoms with Crippen LogP contribution >= 0.6 is 0 Å². The molecule has 0 aliphatic heterocycles. The molecule has 0 saturated heterocycles. The van der Waals surface area contributed by atoms with Gasteiger partial charge in [-0.1, -0.05) is 32.9 Å². The maximum Gasteiger partial charge on any atom is 0.243 e. The van der Waals surface area contributed by atoms with E-state index in [2.05, 4.69) is 0 Å². The Balaban J connectivity index is 3.16. The van der Waals surface area contributed by atoms with E-state index in [1.807, 2.05) is 26.8 Å². The van der Waals surface area contributed by atoms with Crippen LogP contribution in [0, 0.1) is 0 Å². The van der Waals surface area contributed by atoms with Gasteiger partial charge in [0.15, 0.2) is 0 Å². The zero-order valence-corrected chi connectivity index (χ0v) is 10.9. The molecule has 1 aromatic rings. The highest BCUT2D eigenvalue weighted by molar-refractivity contribution is 7.89. The summed E-state index contributed by atoms with van der Waals surface area (Å²) in [6.45, 7) is 6.74. The monoisotopic (exact) mass is 241 g/mol. The maximum absolute atomic E-state index is 12.2. The third kappa shape index (κ3) is 2.62. The SMILES string of the molecule is CCc1cccc(S(=O)(=O)N(CC)CC)c1. The standard InChI is InChI=1S/C12H19NO2S/c1-4-11-8-7-9-12(10-11)16(14,15)13(5-2)6-3/h7-10H,4-6H2,1-3H3. The van der Waals surface area contributed by atoms with Crippen LogP contribution in [0.25, 0.3) is 0 Å². The molecule has 1 rings (SSSR count). The highest BCUT2D eigenvalue weighted by atomic mass is 32.2. The smallest absolute Gasteiger partial charge is 0.207 e. The number of rotatable bonds is 5. The molecule has 16 heavy (non-hydrogen) atoms. The van der Waals surface area contributed by atoms with Crippen molar-refractivity contribution in [3.63, 3.8) is 0 Å². The van der Waals surface area contributed by atoms with Crippen molar-refractivity contribution in [1.82, 2.24) is 4.31 Å². The summed E-state index contributed by atoms with van der Waals surface area (Å²) in [6.07, 6.45) is 0.849. The molecule has 3 nitrogen and oxygen atoms in total. The van der Waals surface area contributed by atoms with E-state index in [9.17, 15) is 8.42 Å². The van der Waals surface area contributed by atoms with Crippen LogP contribution in [0.3, 0.4) is 0 Å². The van der Waals surface area contributed by atoms with Gasteiger partial charge < -0.3 is 0 Å². The van der Waals surface area contributed by atoms with E-state index in [0.717, 1.165) is 12.0 Å². The van der Waals surface area contributed by atoms with Gasteiger partial charge in [0.25, 0.3) is 0 Å². The lowest BCUT2D eigenvalue weighted by Crippen LogP contribution is -2.30. The minimum Gasteiger partial charge on any atom is -0.207 e. The Morgan fingerprint density at radius 2 is 1.75 bits per heavy atom. The third-order valence-corrected chi connectivity index (χ3v) is 4.70. The van der Waals surface area contributed by atoms with Gasteiger partial charge in [-0.2, -0.15) is 4.31 Å². The van der Waals surface area contributed by atoms with E-state index >= 15 is 0 Å². The van der Waals surface area contributed by atoms with Crippen LogP contribution in [0.15, 0.2) is 29.2 Å². The summed E-state index contributed by atoms with van der Waals surface area (Å²) < 4.78 is 25.9. The number of aryl methyl sites for hydroxylation is 1. The number of benzene rings is 1. The molecule has 0 aromatic heterocycles. The summed E-state index contributed by atoms with van der Waals surface area (Å²) >= 11 is 0. The lowest BCUT2D eigenvalue weighted by atomic mass is 10.2. The Morgan fingerprint density at radius 3 is 2.25 bits per heavy atom. The maximum atomic E-state index is 12.2. The molecule has 0 aliphatic carbocycles. The summed E-state index contributed by atoms with van der Waals surface area (Å²) in [5, 5.41) is 0. The Morgan fingerprint density at radius 1 is 1.12 bits per heavy atom. The molecule has 0 atom stereocenters. The van der Waals surface area contributed by atoms with Crippen molar-refractivity contribution in [3.8, 4) is 0 Å². The predicted molar refractivity (Wildman–Crippen MR) is 65.9 cm³/mol. The molecular formula is C12H19NO2S. The van der Waals surface area contributed by atoms with Gasteiger partial charge in [0.05, 0.1) is 4.90 Å². The average Bonchev–Trinajstić information content (AvgIpc) is 2.30. The van der Waals surface area contributed by atoms with Gasteiger partial charge in [-0.3, -0.25) is 0 Å². The van der Waals surface area contributed by atoms with Crippen molar-refractivity contribution in [2.24, 2.45) is 0 Å². The van der Waals surface area contributed by atoms with Crippen molar-refractivity contribution in [2.75, 3.05) is 13.1 Å². The topological polar surface area (TPSA) is 37.4 Å². The molecule has 4 heteroatoms. The summed E-state index contributed by atoms with van der Waals surface area (Å²) in [7, 11) is -3.30. The molecule has 0 saturated carbocycles. The lowest BCUT2D eigenvalue weighted by Gasteiger charge is -2.18. The number of sulfonamides is 1. The Bertz CT molecular complexity index is 436. The molecule has 0 fully saturated rings. The quantitative estimate of drug-likeness (QED) is 0.793. The van der Waals surface area contributed by atoms with Gasteiger partial charge in [-0.05, 0) is 24.1 Å². The van der Waals surface area contributed by atoms with Crippen LogP contribution in [-0.4, -0.2) is 25.8 Å². The highest BCUT2D eigenvalue weighted by Gasteiger charge is 2.21. The summed E-state index contributed by atoms with van der Waals surface area (Å²) in [6, 6.07) is 7.16. The molecule has 0 unspecified atom stereocenters. The van der Waals surface area contributed by atoms with Crippen molar-refractivity contribution in [2.45, 2.75) is 32.1 Å². The zero-order valence-electron chi connectivity index (χ0n) is 10.1. The van der Waals surface area contributed by atoms with Gasteiger partial charge in [-0.25, -0.2) is 8.42 Å². The molecule has 90 valence electrons. The van der Waals surface area contributed by atoms with Crippen molar-refractivity contribution >= 4 is 10.0 Å². The first kappa shape index (κ1) is 13.2. The largest absolute Gasteiger partial charge is 0.243 e. The van der Waals surface area contributed by atoms with E-state index < -0.39 is 10.0 Å². The third-order valence-electron chi connectivity index (χ3n) is 2.65. The molecule has 0 aliphatic rings. The number of nitrogens with zero attached hydrogens (tertiary/aromatic N) is 1. The van der Waals surface area contributed by atoms with Gasteiger partial charge in [0, 0.05) is 13.1 Å². The molecule has 0 heterocycles. The first-order valence-corrected chi connectivity index (χ1v) is 7.09. The van der Waals surface area contributed by atoms with Gasteiger partial charge in [-0.15, -0.1) is 0 Å². The molecular weight excluding hydrogens is 222 g/mol. The number of hydrogen-bond acceptors (Lipinski definition) is 2. The zero-order chi connectivity index (χ0) is 12.2. The summed E-state index contributed by atoms with van der Waals surface area (Å²) in [5.41, 5.74) is 1.05. The fourth-order valence-corrected chi connectivity index (χ4v) is 3.17. The van der Waals surface area contributed by atoms with E-state index in [1.54, 1.807) is 18.2 Å². The van der Waals surface area contributed by atoms with E-state index in [4.69, 9.17) is 0 Å². The molecule has 0 N–H and O–H groups in total. The second-order valence-electron chi connectivity index (χ2n) is 3.59. The Labute approximate surface area is 98.1 Å². The van der Waals surface area contributed by atoms with Crippen molar-refractivity contribution < 1.29 is 8.42 Å². The van der Waals surface area contributed by atoms with Crippen LogP contribution in [0.5, 0.6) is 0 Å². The fourth-order valence-electron chi connectivity index (χ4n) is 1.64. The van der Waals surface area contributed by atoms with Gasteiger partial charge >= 0.3 is 0 Å². The second-order valence-corrected chi connectivity index (χ2v) is 5.53. The summed E-state index contributed by atoms with van der Waals surface area (Å²) in [5.74, 6) is 0. The molecule has 1 aromatic carbocycles. The molecule has 0 radical (unpaired) electrons. The molecule has 0 amide bonds. The Kier molecular flexibility index (Phi) is 4.50. The first-order chi connectivity index (χ1) is 7.56. The first-order valence-electron chi connectivity index (χ1n) is 5.65. The van der Waals surface area contributed by atoms with Crippen molar-refractivity contribution in [1.29, 1.82) is 0 Å². The fraction of sp³-hybridized carbons (Fsp3) is 0.500. The summed E-state index contributed by atoms with van der Waals surface area (Å²) in [4.78, 5) is 0.399.